The molecule has 1 fully saturated rings. The van der Waals surface area contributed by atoms with Crippen molar-refractivity contribution in [3.63, 3.8) is 0 Å². The van der Waals surface area contributed by atoms with Crippen molar-refractivity contribution in [2.24, 2.45) is 0 Å². The van der Waals surface area contributed by atoms with Gasteiger partial charge in [0.05, 0.1) is 6.10 Å². The number of ether oxygens (including phenoxy) is 1. The van der Waals surface area contributed by atoms with Gasteiger partial charge in [-0.2, -0.15) is 0 Å². The summed E-state index contributed by atoms with van der Waals surface area (Å²) < 4.78 is 6.14. The van der Waals surface area contributed by atoms with E-state index in [0.717, 1.165) is 19.7 Å². The Hall–Kier alpha value is -0.120. The highest BCUT2D eigenvalue weighted by Gasteiger charge is 2.11. The van der Waals surface area contributed by atoms with Gasteiger partial charge in [0.15, 0.2) is 0 Å². The third-order valence-corrected chi connectivity index (χ3v) is 4.19. The highest BCUT2D eigenvalue weighted by molar-refractivity contribution is 4.67. The SMILES string of the molecule is CCCCCC(CCCC)OCCCN1CCNCC1. The van der Waals surface area contributed by atoms with Crippen molar-refractivity contribution >= 4 is 0 Å². The van der Waals surface area contributed by atoms with Crippen molar-refractivity contribution < 1.29 is 4.74 Å². The minimum atomic E-state index is 0.518. The monoisotopic (exact) mass is 284 g/mol. The van der Waals surface area contributed by atoms with E-state index >= 15 is 0 Å². The zero-order chi connectivity index (χ0) is 14.5. The molecule has 1 atom stereocenters. The van der Waals surface area contributed by atoms with Crippen LogP contribution in [0.2, 0.25) is 0 Å². The summed E-state index contributed by atoms with van der Waals surface area (Å²) in [5, 5.41) is 3.40. The summed E-state index contributed by atoms with van der Waals surface area (Å²) in [4.78, 5) is 2.55. The second kappa shape index (κ2) is 12.6. The summed E-state index contributed by atoms with van der Waals surface area (Å²) in [6.07, 6.45) is 10.8. The van der Waals surface area contributed by atoms with Crippen LogP contribution in [-0.4, -0.2) is 50.3 Å². The Morgan fingerprint density at radius 1 is 0.950 bits per heavy atom. The molecule has 1 rings (SSSR count). The van der Waals surface area contributed by atoms with E-state index in [9.17, 15) is 0 Å². The predicted octanol–water partition coefficient (Wildman–Crippen LogP) is 3.44. The fourth-order valence-electron chi connectivity index (χ4n) is 2.84. The van der Waals surface area contributed by atoms with Crippen LogP contribution in [0.4, 0.5) is 0 Å². The smallest absolute Gasteiger partial charge is 0.0575 e. The van der Waals surface area contributed by atoms with Crippen LogP contribution in [0.3, 0.4) is 0 Å². The number of hydrogen-bond donors (Lipinski definition) is 1. The maximum atomic E-state index is 6.14. The van der Waals surface area contributed by atoms with Gasteiger partial charge >= 0.3 is 0 Å². The van der Waals surface area contributed by atoms with Gasteiger partial charge in [0.1, 0.15) is 0 Å². The van der Waals surface area contributed by atoms with E-state index in [1.165, 1.54) is 71.0 Å². The number of nitrogens with one attached hydrogen (secondary N) is 1. The van der Waals surface area contributed by atoms with Gasteiger partial charge in [-0.1, -0.05) is 46.0 Å². The molecular weight excluding hydrogens is 248 g/mol. The normalized spacial score (nSPS) is 18.3. The number of rotatable bonds is 12. The number of piperazine rings is 1. The first kappa shape index (κ1) is 17.9. The fraction of sp³-hybridized carbons (Fsp3) is 1.00. The van der Waals surface area contributed by atoms with Gasteiger partial charge in [-0.3, -0.25) is 0 Å². The lowest BCUT2D eigenvalue weighted by molar-refractivity contribution is 0.0324. The molecule has 0 aromatic heterocycles. The van der Waals surface area contributed by atoms with E-state index in [0.29, 0.717) is 6.10 Å². The number of nitrogens with zero attached hydrogens (tertiary/aromatic N) is 1. The average molecular weight is 284 g/mol. The van der Waals surface area contributed by atoms with Crippen LogP contribution in [-0.2, 0) is 4.74 Å². The second-order valence-corrected chi connectivity index (χ2v) is 6.08. The van der Waals surface area contributed by atoms with Crippen LogP contribution < -0.4 is 5.32 Å². The van der Waals surface area contributed by atoms with Crippen molar-refractivity contribution in [2.45, 2.75) is 71.3 Å². The molecule has 20 heavy (non-hydrogen) atoms. The highest BCUT2D eigenvalue weighted by Crippen LogP contribution is 2.13. The molecule has 1 N–H and O–H groups in total. The van der Waals surface area contributed by atoms with Gasteiger partial charge in [-0.05, 0) is 19.3 Å². The molecule has 0 aromatic rings. The standard InChI is InChI=1S/C17H36N2O/c1-3-5-7-10-17(9-6-4-2)20-16-8-13-19-14-11-18-12-15-19/h17-18H,3-16H2,1-2H3. The van der Waals surface area contributed by atoms with Crippen LogP contribution >= 0.6 is 0 Å². The molecule has 120 valence electrons. The van der Waals surface area contributed by atoms with Crippen LogP contribution in [0.25, 0.3) is 0 Å². The van der Waals surface area contributed by atoms with Gasteiger partial charge in [-0.25, -0.2) is 0 Å². The van der Waals surface area contributed by atoms with Crippen LogP contribution in [0, 0.1) is 0 Å². The van der Waals surface area contributed by atoms with Gasteiger partial charge in [0, 0.05) is 39.3 Å². The molecule has 1 aliphatic rings. The Labute approximate surface area is 126 Å². The summed E-state index contributed by atoms with van der Waals surface area (Å²) in [6, 6.07) is 0. The molecule has 1 unspecified atom stereocenters. The van der Waals surface area contributed by atoms with Crippen molar-refractivity contribution in [2.75, 3.05) is 39.3 Å². The van der Waals surface area contributed by atoms with Gasteiger partial charge in [-0.15, -0.1) is 0 Å². The van der Waals surface area contributed by atoms with Gasteiger partial charge in [0.25, 0.3) is 0 Å². The summed E-state index contributed by atoms with van der Waals surface area (Å²) in [6.45, 7) is 11.4. The summed E-state index contributed by atoms with van der Waals surface area (Å²) >= 11 is 0. The molecule has 0 bridgehead atoms. The van der Waals surface area contributed by atoms with E-state index < -0.39 is 0 Å². The summed E-state index contributed by atoms with van der Waals surface area (Å²) in [7, 11) is 0. The molecule has 3 nitrogen and oxygen atoms in total. The lowest BCUT2D eigenvalue weighted by Gasteiger charge is -2.27. The maximum Gasteiger partial charge on any atom is 0.0575 e. The molecule has 0 radical (unpaired) electrons. The molecule has 1 saturated heterocycles. The van der Waals surface area contributed by atoms with Crippen LogP contribution in [0.15, 0.2) is 0 Å². The van der Waals surface area contributed by atoms with E-state index in [4.69, 9.17) is 4.74 Å². The minimum absolute atomic E-state index is 0.518. The summed E-state index contributed by atoms with van der Waals surface area (Å²) in [5.74, 6) is 0. The number of unbranched alkanes of at least 4 members (excludes halogenated alkanes) is 3. The molecular formula is C17H36N2O. The third kappa shape index (κ3) is 8.93. The van der Waals surface area contributed by atoms with E-state index in [1.807, 2.05) is 0 Å². The predicted molar refractivity (Wildman–Crippen MR) is 87.3 cm³/mol. The Morgan fingerprint density at radius 3 is 2.35 bits per heavy atom. The first-order chi connectivity index (χ1) is 9.86. The topological polar surface area (TPSA) is 24.5 Å². The molecule has 0 aromatic carbocycles. The van der Waals surface area contributed by atoms with Crippen LogP contribution in [0.5, 0.6) is 0 Å². The average Bonchev–Trinajstić information content (AvgIpc) is 2.49. The Balaban J connectivity index is 2.06. The second-order valence-electron chi connectivity index (χ2n) is 6.08. The third-order valence-electron chi connectivity index (χ3n) is 4.19. The molecule has 0 spiro atoms. The summed E-state index contributed by atoms with van der Waals surface area (Å²) in [5.41, 5.74) is 0. The first-order valence-corrected chi connectivity index (χ1v) is 8.91. The highest BCUT2D eigenvalue weighted by atomic mass is 16.5. The van der Waals surface area contributed by atoms with Crippen molar-refractivity contribution in [3.05, 3.63) is 0 Å². The van der Waals surface area contributed by atoms with Gasteiger partial charge in [0.2, 0.25) is 0 Å². The zero-order valence-corrected chi connectivity index (χ0v) is 13.8. The first-order valence-electron chi connectivity index (χ1n) is 8.91. The fourth-order valence-corrected chi connectivity index (χ4v) is 2.84. The van der Waals surface area contributed by atoms with Crippen molar-refractivity contribution in [3.8, 4) is 0 Å². The van der Waals surface area contributed by atoms with E-state index in [-0.39, 0.29) is 0 Å². The molecule has 1 aliphatic heterocycles. The Bertz CT molecular complexity index is 205. The van der Waals surface area contributed by atoms with E-state index in [1.54, 1.807) is 0 Å². The molecule has 0 aliphatic carbocycles. The van der Waals surface area contributed by atoms with Crippen LogP contribution in [0.1, 0.15) is 65.2 Å². The Kier molecular flexibility index (Phi) is 11.3. The van der Waals surface area contributed by atoms with Gasteiger partial charge < -0.3 is 15.0 Å². The molecule has 3 heteroatoms. The van der Waals surface area contributed by atoms with Crippen molar-refractivity contribution in [1.29, 1.82) is 0 Å². The molecule has 1 heterocycles. The largest absolute Gasteiger partial charge is 0.378 e. The van der Waals surface area contributed by atoms with E-state index in [2.05, 4.69) is 24.1 Å². The minimum Gasteiger partial charge on any atom is -0.378 e. The lowest BCUT2D eigenvalue weighted by Crippen LogP contribution is -2.43. The quantitative estimate of drug-likeness (QED) is 0.556. The molecule has 0 saturated carbocycles. The van der Waals surface area contributed by atoms with Crippen molar-refractivity contribution in [1.82, 2.24) is 10.2 Å². The number of hydrogen-bond acceptors (Lipinski definition) is 3. The zero-order valence-electron chi connectivity index (χ0n) is 13.8. The lowest BCUT2D eigenvalue weighted by atomic mass is 10.1. The Morgan fingerprint density at radius 2 is 1.65 bits per heavy atom. The maximum absolute atomic E-state index is 6.14. The molecule has 0 amide bonds.